The van der Waals surface area contributed by atoms with Gasteiger partial charge in [0.05, 0.1) is 29.2 Å². The van der Waals surface area contributed by atoms with Gasteiger partial charge in [-0.1, -0.05) is 30.3 Å². The van der Waals surface area contributed by atoms with Gasteiger partial charge in [0.2, 0.25) is 0 Å². The number of aromatic nitrogens is 5. The fraction of sp³-hybridized carbons (Fsp3) is 0. The summed E-state index contributed by atoms with van der Waals surface area (Å²) in [5, 5.41) is 8.23. The summed E-state index contributed by atoms with van der Waals surface area (Å²) < 4.78 is 1.70. The predicted octanol–water partition coefficient (Wildman–Crippen LogP) is 5.19. The SMILES string of the molecule is O=C(Nc1cccnc1)c1cnn2ccc(-c3c[nH]c4ncc(-c5ccccc5)cc34)cc12. The molecule has 0 bridgehead atoms. The number of hydrogen-bond donors (Lipinski definition) is 2. The lowest BCUT2D eigenvalue weighted by Crippen LogP contribution is -2.11. The van der Waals surface area contributed by atoms with Crippen molar-refractivity contribution in [3.05, 3.63) is 103 Å². The van der Waals surface area contributed by atoms with Crippen molar-refractivity contribution < 1.29 is 4.79 Å². The van der Waals surface area contributed by atoms with Gasteiger partial charge in [-0.25, -0.2) is 9.50 Å². The van der Waals surface area contributed by atoms with Crippen molar-refractivity contribution in [2.45, 2.75) is 0 Å². The number of hydrogen-bond acceptors (Lipinski definition) is 4. The Bertz CT molecular complexity index is 1600. The van der Waals surface area contributed by atoms with Crippen LogP contribution in [0, 0.1) is 0 Å². The van der Waals surface area contributed by atoms with E-state index >= 15 is 0 Å². The number of H-pyrrole nitrogens is 1. The van der Waals surface area contributed by atoms with Crippen molar-refractivity contribution in [2.24, 2.45) is 0 Å². The Labute approximate surface area is 188 Å². The van der Waals surface area contributed by atoms with Gasteiger partial charge in [0, 0.05) is 41.3 Å². The Balaban J connectivity index is 1.42. The van der Waals surface area contributed by atoms with Crippen LogP contribution < -0.4 is 5.32 Å². The van der Waals surface area contributed by atoms with E-state index in [4.69, 9.17) is 0 Å². The fourth-order valence-electron chi connectivity index (χ4n) is 3.99. The molecule has 5 heterocycles. The summed E-state index contributed by atoms with van der Waals surface area (Å²) in [4.78, 5) is 24.8. The van der Waals surface area contributed by atoms with Gasteiger partial charge in [0.15, 0.2) is 0 Å². The zero-order valence-corrected chi connectivity index (χ0v) is 17.4. The smallest absolute Gasteiger partial charge is 0.259 e. The number of nitrogens with one attached hydrogen (secondary N) is 2. The minimum Gasteiger partial charge on any atom is -0.346 e. The molecule has 0 aliphatic heterocycles. The van der Waals surface area contributed by atoms with Crippen molar-refractivity contribution in [1.29, 1.82) is 0 Å². The zero-order chi connectivity index (χ0) is 22.2. The first-order valence-electron chi connectivity index (χ1n) is 10.5. The van der Waals surface area contributed by atoms with Crippen molar-refractivity contribution in [3.8, 4) is 22.3 Å². The van der Waals surface area contributed by atoms with Crippen LogP contribution in [-0.2, 0) is 0 Å². The Morgan fingerprint density at radius 2 is 1.82 bits per heavy atom. The third kappa shape index (κ3) is 3.41. The summed E-state index contributed by atoms with van der Waals surface area (Å²) in [6.07, 6.45) is 10.5. The van der Waals surface area contributed by atoms with Gasteiger partial charge in [-0.15, -0.1) is 0 Å². The summed E-state index contributed by atoms with van der Waals surface area (Å²) in [5.74, 6) is -0.234. The van der Waals surface area contributed by atoms with Crippen molar-refractivity contribution >= 4 is 28.1 Å². The second kappa shape index (κ2) is 7.72. The topological polar surface area (TPSA) is 88.0 Å². The maximum absolute atomic E-state index is 12.9. The third-order valence-corrected chi connectivity index (χ3v) is 5.63. The minimum absolute atomic E-state index is 0.234. The summed E-state index contributed by atoms with van der Waals surface area (Å²) >= 11 is 0. The molecule has 0 aliphatic carbocycles. The van der Waals surface area contributed by atoms with Crippen LogP contribution in [0.15, 0.2) is 97.8 Å². The first kappa shape index (κ1) is 18.9. The molecule has 0 saturated heterocycles. The molecule has 158 valence electrons. The van der Waals surface area contributed by atoms with Crippen LogP contribution in [0.2, 0.25) is 0 Å². The molecule has 7 heteroatoms. The number of rotatable bonds is 4. The number of carbonyl (C=O) groups excluding carboxylic acids is 1. The van der Waals surface area contributed by atoms with Gasteiger partial charge in [-0.05, 0) is 41.5 Å². The van der Waals surface area contributed by atoms with Crippen molar-refractivity contribution in [2.75, 3.05) is 5.32 Å². The molecule has 33 heavy (non-hydrogen) atoms. The minimum atomic E-state index is -0.234. The molecular weight excluding hydrogens is 412 g/mol. The molecule has 6 aromatic rings. The molecule has 2 N–H and O–H groups in total. The number of aromatic amines is 1. The second-order valence-electron chi connectivity index (χ2n) is 7.69. The van der Waals surface area contributed by atoms with Crippen LogP contribution in [0.5, 0.6) is 0 Å². The molecule has 5 aromatic heterocycles. The lowest BCUT2D eigenvalue weighted by Gasteiger charge is -2.06. The van der Waals surface area contributed by atoms with Crippen molar-refractivity contribution in [1.82, 2.24) is 24.6 Å². The summed E-state index contributed by atoms with van der Waals surface area (Å²) in [6.45, 7) is 0. The van der Waals surface area contributed by atoms with E-state index in [0.29, 0.717) is 11.3 Å². The number of carbonyl (C=O) groups is 1. The van der Waals surface area contributed by atoms with Crippen LogP contribution in [0.4, 0.5) is 5.69 Å². The highest BCUT2D eigenvalue weighted by atomic mass is 16.1. The van der Waals surface area contributed by atoms with E-state index in [1.807, 2.05) is 48.9 Å². The largest absolute Gasteiger partial charge is 0.346 e. The average Bonchev–Trinajstić information content (AvgIpc) is 3.48. The van der Waals surface area contributed by atoms with Crippen LogP contribution >= 0.6 is 0 Å². The number of pyridine rings is 3. The van der Waals surface area contributed by atoms with E-state index in [2.05, 4.69) is 43.6 Å². The monoisotopic (exact) mass is 430 g/mol. The number of anilines is 1. The van der Waals surface area contributed by atoms with Gasteiger partial charge >= 0.3 is 0 Å². The van der Waals surface area contributed by atoms with Crippen LogP contribution in [-0.4, -0.2) is 30.5 Å². The normalized spacial score (nSPS) is 11.2. The van der Waals surface area contributed by atoms with Gasteiger partial charge < -0.3 is 10.3 Å². The summed E-state index contributed by atoms with van der Waals surface area (Å²) in [7, 11) is 0. The molecule has 6 rings (SSSR count). The van der Waals surface area contributed by atoms with E-state index in [-0.39, 0.29) is 5.91 Å². The number of nitrogens with zero attached hydrogens (tertiary/aromatic N) is 4. The molecule has 0 unspecified atom stereocenters. The lowest BCUT2D eigenvalue weighted by molar-refractivity contribution is 0.102. The van der Waals surface area contributed by atoms with Gasteiger partial charge in [0.1, 0.15) is 5.65 Å². The fourth-order valence-corrected chi connectivity index (χ4v) is 3.99. The van der Waals surface area contributed by atoms with Gasteiger partial charge in [-0.2, -0.15) is 5.10 Å². The quantitative estimate of drug-likeness (QED) is 0.403. The van der Waals surface area contributed by atoms with E-state index < -0.39 is 0 Å². The maximum atomic E-state index is 12.9. The molecule has 1 aromatic carbocycles. The molecule has 0 atom stereocenters. The molecular formula is C26H18N6O. The van der Waals surface area contributed by atoms with Gasteiger partial charge in [-0.3, -0.25) is 9.78 Å². The standard InChI is InChI=1S/C26H18N6O/c33-26(31-20-7-4-9-27-14-20)23-16-30-32-10-8-18(12-24(23)32)22-15-29-25-21(22)11-19(13-28-25)17-5-2-1-3-6-17/h1-16H,(H,28,29)(H,31,33). The lowest BCUT2D eigenvalue weighted by atomic mass is 10.0. The van der Waals surface area contributed by atoms with Crippen LogP contribution in [0.25, 0.3) is 38.8 Å². The zero-order valence-electron chi connectivity index (χ0n) is 17.4. The molecule has 0 saturated carbocycles. The average molecular weight is 430 g/mol. The molecule has 0 aliphatic rings. The number of fused-ring (bicyclic) bond motifs is 2. The van der Waals surface area contributed by atoms with E-state index in [9.17, 15) is 4.79 Å². The summed E-state index contributed by atoms with van der Waals surface area (Å²) in [5.41, 5.74) is 6.79. The van der Waals surface area contributed by atoms with E-state index in [1.165, 1.54) is 0 Å². The first-order valence-corrected chi connectivity index (χ1v) is 10.5. The Hall–Kier alpha value is -4.78. The number of benzene rings is 1. The van der Waals surface area contributed by atoms with E-state index in [0.717, 1.165) is 38.8 Å². The second-order valence-corrected chi connectivity index (χ2v) is 7.69. The molecule has 1 amide bonds. The predicted molar refractivity (Wildman–Crippen MR) is 128 cm³/mol. The van der Waals surface area contributed by atoms with Crippen molar-refractivity contribution in [3.63, 3.8) is 0 Å². The maximum Gasteiger partial charge on any atom is 0.259 e. The van der Waals surface area contributed by atoms with Gasteiger partial charge in [0.25, 0.3) is 5.91 Å². The first-order chi connectivity index (χ1) is 16.3. The molecule has 0 spiro atoms. The molecule has 0 fully saturated rings. The highest BCUT2D eigenvalue weighted by Gasteiger charge is 2.15. The van der Waals surface area contributed by atoms with E-state index in [1.54, 1.807) is 35.2 Å². The molecule has 7 nitrogen and oxygen atoms in total. The summed E-state index contributed by atoms with van der Waals surface area (Å²) in [6, 6.07) is 19.8. The highest BCUT2D eigenvalue weighted by Crippen LogP contribution is 2.32. The Morgan fingerprint density at radius 3 is 2.67 bits per heavy atom. The highest BCUT2D eigenvalue weighted by molar-refractivity contribution is 6.09. The third-order valence-electron chi connectivity index (χ3n) is 5.63. The van der Waals surface area contributed by atoms with Crippen LogP contribution in [0.3, 0.4) is 0 Å². The van der Waals surface area contributed by atoms with Crippen LogP contribution in [0.1, 0.15) is 10.4 Å². The molecule has 0 radical (unpaired) electrons. The number of amides is 1. The Morgan fingerprint density at radius 1 is 0.909 bits per heavy atom. The Kier molecular flexibility index (Phi) is 4.43.